The van der Waals surface area contributed by atoms with Crippen LogP contribution in [-0.4, -0.2) is 27.8 Å². The van der Waals surface area contributed by atoms with Crippen LogP contribution in [0.15, 0.2) is 12.1 Å². The van der Waals surface area contributed by atoms with Gasteiger partial charge in [0.1, 0.15) is 0 Å². The minimum atomic E-state index is -0.550. The number of carbonyl (C=O) groups excluding carboxylic acids is 1. The molecular weight excluding hydrogens is 258 g/mol. The number of hydrogen-bond donors (Lipinski definition) is 2. The van der Waals surface area contributed by atoms with Crippen LogP contribution in [0.5, 0.6) is 11.5 Å². The van der Waals surface area contributed by atoms with Gasteiger partial charge in [0.15, 0.2) is 11.5 Å². The molecule has 18 heavy (non-hydrogen) atoms. The Morgan fingerprint density at radius 3 is 2.67 bits per heavy atom. The van der Waals surface area contributed by atoms with Gasteiger partial charge in [0.2, 0.25) is 0 Å². The second-order valence-corrected chi connectivity index (χ2v) is 5.28. The second kappa shape index (κ2) is 4.33. The van der Waals surface area contributed by atoms with Crippen molar-refractivity contribution >= 4 is 17.5 Å². The molecule has 1 aliphatic rings. The van der Waals surface area contributed by atoms with Gasteiger partial charge in [0.25, 0.3) is 5.91 Å². The average molecular weight is 272 g/mol. The van der Waals surface area contributed by atoms with E-state index in [2.05, 4.69) is 0 Å². The third-order valence-electron chi connectivity index (χ3n) is 2.88. The van der Waals surface area contributed by atoms with Crippen LogP contribution in [0.25, 0.3) is 0 Å². The third-order valence-corrected chi connectivity index (χ3v) is 3.30. The monoisotopic (exact) mass is 271 g/mol. The van der Waals surface area contributed by atoms with Crippen molar-refractivity contribution in [3.05, 3.63) is 22.7 Å². The first-order valence-corrected chi connectivity index (χ1v) is 5.85. The van der Waals surface area contributed by atoms with Crippen molar-refractivity contribution in [2.24, 2.45) is 5.41 Å². The number of hydroxylamine groups is 2. The molecule has 5 nitrogen and oxygen atoms in total. The highest BCUT2D eigenvalue weighted by Crippen LogP contribution is 2.37. The molecule has 1 aromatic rings. The Bertz CT molecular complexity index is 501. The maximum Gasteiger partial charge on any atom is 0.254 e. The smallest absolute Gasteiger partial charge is 0.254 e. The minimum absolute atomic E-state index is 0.0242. The molecule has 1 fully saturated rings. The molecule has 0 aromatic heterocycles. The van der Waals surface area contributed by atoms with Crippen molar-refractivity contribution in [2.75, 3.05) is 6.61 Å². The van der Waals surface area contributed by atoms with E-state index in [0.717, 1.165) is 0 Å². The number of rotatable bonds is 2. The summed E-state index contributed by atoms with van der Waals surface area (Å²) in [6.45, 7) is 4.04. The van der Waals surface area contributed by atoms with Crippen LogP contribution in [0.3, 0.4) is 0 Å². The fourth-order valence-corrected chi connectivity index (χ4v) is 1.91. The maximum atomic E-state index is 11.9. The number of nitrogens with zero attached hydrogens (tertiary/aromatic N) is 1. The van der Waals surface area contributed by atoms with Crippen molar-refractivity contribution in [3.8, 4) is 11.5 Å². The average Bonchev–Trinajstić information content (AvgIpc) is 2.57. The Morgan fingerprint density at radius 1 is 1.44 bits per heavy atom. The molecular formula is C12H14ClNO4. The largest absolute Gasteiger partial charge is 0.504 e. The Kier molecular flexibility index (Phi) is 3.12. The lowest BCUT2D eigenvalue weighted by Crippen LogP contribution is -2.30. The quantitative estimate of drug-likeness (QED) is 0.808. The SMILES string of the molecule is CC1(C)CON(Cc2ccc(O)c(O)c2Cl)C1=O. The standard InChI is InChI=1S/C12H14ClNO4/c1-12(2)6-18-14(11(12)17)5-7-3-4-8(15)10(16)9(7)13/h3-4,15-16H,5-6H2,1-2H3. The molecule has 2 rings (SSSR count). The Hall–Kier alpha value is -1.46. The van der Waals surface area contributed by atoms with E-state index in [1.54, 1.807) is 19.9 Å². The molecule has 0 unspecified atom stereocenters. The Labute approximate surface area is 109 Å². The summed E-state index contributed by atoms with van der Waals surface area (Å²) in [7, 11) is 0. The first-order valence-electron chi connectivity index (χ1n) is 5.47. The van der Waals surface area contributed by atoms with E-state index in [1.165, 1.54) is 11.1 Å². The zero-order valence-electron chi connectivity index (χ0n) is 10.1. The highest BCUT2D eigenvalue weighted by Gasteiger charge is 2.40. The lowest BCUT2D eigenvalue weighted by Gasteiger charge is -2.17. The molecule has 0 aliphatic carbocycles. The predicted octanol–water partition coefficient (Wildman–Crippen LogP) is 2.05. The summed E-state index contributed by atoms with van der Waals surface area (Å²) in [6.07, 6.45) is 0. The van der Waals surface area contributed by atoms with E-state index in [4.69, 9.17) is 16.4 Å². The summed E-state index contributed by atoms with van der Waals surface area (Å²) in [4.78, 5) is 17.2. The van der Waals surface area contributed by atoms with Crippen molar-refractivity contribution in [2.45, 2.75) is 20.4 Å². The summed E-state index contributed by atoms with van der Waals surface area (Å²) < 4.78 is 0. The van der Waals surface area contributed by atoms with Crippen molar-refractivity contribution < 1.29 is 19.8 Å². The van der Waals surface area contributed by atoms with Gasteiger partial charge < -0.3 is 10.2 Å². The highest BCUT2D eigenvalue weighted by atomic mass is 35.5. The molecule has 0 atom stereocenters. The lowest BCUT2D eigenvalue weighted by molar-refractivity contribution is -0.165. The van der Waals surface area contributed by atoms with Gasteiger partial charge in [0.05, 0.1) is 23.6 Å². The first kappa shape index (κ1) is 13.0. The molecule has 1 aliphatic heterocycles. The lowest BCUT2D eigenvalue weighted by atomic mass is 9.95. The van der Waals surface area contributed by atoms with Gasteiger partial charge in [-0.2, -0.15) is 0 Å². The predicted molar refractivity (Wildman–Crippen MR) is 65.1 cm³/mol. The van der Waals surface area contributed by atoms with E-state index in [0.29, 0.717) is 12.2 Å². The van der Waals surface area contributed by atoms with Crippen LogP contribution in [0.4, 0.5) is 0 Å². The molecule has 1 heterocycles. The molecule has 0 spiro atoms. The van der Waals surface area contributed by atoms with E-state index < -0.39 is 5.41 Å². The number of carbonyl (C=O) groups is 1. The van der Waals surface area contributed by atoms with Gasteiger partial charge in [-0.3, -0.25) is 9.63 Å². The van der Waals surface area contributed by atoms with Gasteiger partial charge in [0, 0.05) is 0 Å². The molecule has 98 valence electrons. The number of phenols is 2. The van der Waals surface area contributed by atoms with E-state index in [-0.39, 0.29) is 29.0 Å². The fourth-order valence-electron chi connectivity index (χ4n) is 1.69. The van der Waals surface area contributed by atoms with Crippen LogP contribution in [0.1, 0.15) is 19.4 Å². The number of benzene rings is 1. The van der Waals surface area contributed by atoms with E-state index in [1.807, 2.05) is 0 Å². The molecule has 1 amide bonds. The summed E-state index contributed by atoms with van der Waals surface area (Å²) in [5.74, 6) is -0.816. The van der Waals surface area contributed by atoms with Crippen molar-refractivity contribution in [3.63, 3.8) is 0 Å². The molecule has 0 radical (unpaired) electrons. The van der Waals surface area contributed by atoms with Crippen LogP contribution in [0, 0.1) is 5.41 Å². The molecule has 1 saturated heterocycles. The minimum Gasteiger partial charge on any atom is -0.504 e. The molecule has 6 heteroatoms. The number of aromatic hydroxyl groups is 2. The fraction of sp³-hybridized carbons (Fsp3) is 0.417. The Balaban J connectivity index is 2.21. The summed E-state index contributed by atoms with van der Waals surface area (Å²) in [5.41, 5.74) is -0.0381. The number of hydrogen-bond acceptors (Lipinski definition) is 4. The second-order valence-electron chi connectivity index (χ2n) is 4.91. The van der Waals surface area contributed by atoms with Crippen molar-refractivity contribution in [1.82, 2.24) is 5.06 Å². The number of phenolic OH excluding ortho intramolecular Hbond substituents is 2. The number of amides is 1. The number of halogens is 1. The molecule has 0 saturated carbocycles. The zero-order chi connectivity index (χ0) is 13.5. The summed E-state index contributed by atoms with van der Waals surface area (Å²) in [5, 5.41) is 20.0. The van der Waals surface area contributed by atoms with E-state index in [9.17, 15) is 15.0 Å². The van der Waals surface area contributed by atoms with Gasteiger partial charge in [-0.05, 0) is 25.5 Å². The van der Waals surface area contributed by atoms with Crippen LogP contribution >= 0.6 is 11.6 Å². The van der Waals surface area contributed by atoms with Gasteiger partial charge >= 0.3 is 0 Å². The highest BCUT2D eigenvalue weighted by molar-refractivity contribution is 6.33. The summed E-state index contributed by atoms with van der Waals surface area (Å²) in [6, 6.07) is 2.86. The van der Waals surface area contributed by atoms with E-state index >= 15 is 0 Å². The van der Waals surface area contributed by atoms with Crippen molar-refractivity contribution in [1.29, 1.82) is 0 Å². The third kappa shape index (κ3) is 2.11. The van der Waals surface area contributed by atoms with Gasteiger partial charge in [-0.15, -0.1) is 0 Å². The van der Waals surface area contributed by atoms with Gasteiger partial charge in [-0.1, -0.05) is 17.7 Å². The molecule has 2 N–H and O–H groups in total. The van der Waals surface area contributed by atoms with Gasteiger partial charge in [-0.25, -0.2) is 5.06 Å². The summed E-state index contributed by atoms with van der Waals surface area (Å²) >= 11 is 5.89. The van der Waals surface area contributed by atoms with Crippen LogP contribution in [-0.2, 0) is 16.2 Å². The van der Waals surface area contributed by atoms with Crippen LogP contribution < -0.4 is 0 Å². The topological polar surface area (TPSA) is 70.0 Å². The normalized spacial score (nSPS) is 18.4. The first-order chi connectivity index (χ1) is 8.33. The van der Waals surface area contributed by atoms with Crippen LogP contribution in [0.2, 0.25) is 5.02 Å². The zero-order valence-corrected chi connectivity index (χ0v) is 10.9. The Morgan fingerprint density at radius 2 is 2.11 bits per heavy atom. The molecule has 1 aromatic carbocycles. The molecule has 0 bridgehead atoms. The maximum absolute atomic E-state index is 11.9.